The van der Waals surface area contributed by atoms with Crippen molar-refractivity contribution in [1.82, 2.24) is 4.90 Å². The summed E-state index contributed by atoms with van der Waals surface area (Å²) in [4.78, 5) is 14.6. The quantitative estimate of drug-likeness (QED) is 0.926. The molecule has 0 aliphatic heterocycles. The lowest BCUT2D eigenvalue weighted by Gasteiger charge is -2.36. The van der Waals surface area contributed by atoms with Gasteiger partial charge in [0.15, 0.2) is 0 Å². The molecule has 0 atom stereocenters. The molecule has 4 heteroatoms. The van der Waals surface area contributed by atoms with Gasteiger partial charge in [-0.15, -0.1) is 0 Å². The molecule has 2 N–H and O–H groups in total. The number of halogens is 1. The zero-order chi connectivity index (χ0) is 15.4. The summed E-state index contributed by atoms with van der Waals surface area (Å²) in [5.74, 6) is -0.376. The van der Waals surface area contributed by atoms with Crippen molar-refractivity contribution in [3.8, 4) is 0 Å². The highest BCUT2D eigenvalue weighted by atomic mass is 19.1. The molecule has 0 heterocycles. The minimum Gasteiger partial charge on any atom is -0.336 e. The van der Waals surface area contributed by atoms with E-state index in [2.05, 4.69) is 6.92 Å². The van der Waals surface area contributed by atoms with Gasteiger partial charge in [0.2, 0.25) is 0 Å². The molecule has 0 radical (unpaired) electrons. The average molecular weight is 292 g/mol. The number of rotatable bonds is 4. The maximum absolute atomic E-state index is 13.7. The number of nitrogens with zero attached hydrogens (tertiary/aromatic N) is 1. The Morgan fingerprint density at radius 1 is 1.33 bits per heavy atom. The fraction of sp³-hybridized carbons (Fsp3) is 0.588. The summed E-state index contributed by atoms with van der Waals surface area (Å²) in [5.41, 5.74) is 6.95. The molecule has 116 valence electrons. The number of carbonyl (C=O) groups excluding carboxylic acids is 1. The Bertz CT molecular complexity index is 496. The molecule has 1 amide bonds. The van der Waals surface area contributed by atoms with Crippen molar-refractivity contribution < 1.29 is 9.18 Å². The van der Waals surface area contributed by atoms with Crippen molar-refractivity contribution in [2.24, 2.45) is 5.73 Å². The molecule has 2 rings (SSSR count). The highest BCUT2D eigenvalue weighted by Gasteiger charge is 2.28. The molecule has 0 spiro atoms. The van der Waals surface area contributed by atoms with Crippen molar-refractivity contribution >= 4 is 5.91 Å². The molecule has 1 aromatic carbocycles. The molecule has 1 fully saturated rings. The van der Waals surface area contributed by atoms with Gasteiger partial charge in [-0.3, -0.25) is 4.79 Å². The smallest absolute Gasteiger partial charge is 0.254 e. The van der Waals surface area contributed by atoms with E-state index in [1.54, 1.807) is 19.1 Å². The van der Waals surface area contributed by atoms with Crippen molar-refractivity contribution in [3.05, 3.63) is 35.1 Å². The minimum atomic E-state index is -0.317. The Kier molecular flexibility index (Phi) is 5.34. The van der Waals surface area contributed by atoms with Crippen LogP contribution >= 0.6 is 0 Å². The second kappa shape index (κ2) is 7.03. The van der Waals surface area contributed by atoms with E-state index in [1.807, 2.05) is 4.90 Å². The zero-order valence-corrected chi connectivity index (χ0v) is 12.9. The first-order valence-electron chi connectivity index (χ1n) is 7.85. The predicted octanol–water partition coefficient (Wildman–Crippen LogP) is 3.26. The summed E-state index contributed by atoms with van der Waals surface area (Å²) in [6, 6.07) is 5.24. The molecule has 3 nitrogen and oxygen atoms in total. The largest absolute Gasteiger partial charge is 0.336 e. The van der Waals surface area contributed by atoms with Crippen LogP contribution in [0.25, 0.3) is 0 Å². The first kappa shape index (κ1) is 16.0. The van der Waals surface area contributed by atoms with Crippen LogP contribution in [0.3, 0.4) is 0 Å². The van der Waals surface area contributed by atoms with Gasteiger partial charge in [0.1, 0.15) is 5.82 Å². The summed E-state index contributed by atoms with van der Waals surface area (Å²) in [7, 11) is 0. The molecule has 1 aliphatic rings. The van der Waals surface area contributed by atoms with E-state index in [0.29, 0.717) is 17.7 Å². The van der Waals surface area contributed by atoms with Crippen LogP contribution in [0.4, 0.5) is 4.39 Å². The van der Waals surface area contributed by atoms with Gasteiger partial charge in [0.25, 0.3) is 5.91 Å². The van der Waals surface area contributed by atoms with Gasteiger partial charge in [0, 0.05) is 24.2 Å². The van der Waals surface area contributed by atoms with Gasteiger partial charge in [0.05, 0.1) is 0 Å². The number of benzene rings is 1. The van der Waals surface area contributed by atoms with Gasteiger partial charge in [-0.1, -0.05) is 13.0 Å². The monoisotopic (exact) mass is 292 g/mol. The molecule has 1 aliphatic carbocycles. The molecule has 0 unspecified atom stereocenters. The maximum Gasteiger partial charge on any atom is 0.254 e. The van der Waals surface area contributed by atoms with E-state index >= 15 is 0 Å². The van der Waals surface area contributed by atoms with Crippen LogP contribution in [0.2, 0.25) is 0 Å². The molecule has 1 aromatic rings. The number of hydrogen-bond acceptors (Lipinski definition) is 2. The Hall–Kier alpha value is -1.42. The van der Waals surface area contributed by atoms with Gasteiger partial charge >= 0.3 is 0 Å². The summed E-state index contributed by atoms with van der Waals surface area (Å²) < 4.78 is 13.7. The standard InChI is InChI=1S/C17H25FN2O/c1-3-10-20(15-8-6-14(19)7-9-15)17(21)13-5-4-12(2)16(18)11-13/h4-5,11,14-15H,3,6-10,19H2,1-2H3. The number of carbonyl (C=O) groups is 1. The molecule has 0 aromatic heterocycles. The van der Waals surface area contributed by atoms with Crippen LogP contribution in [-0.2, 0) is 0 Å². The lowest BCUT2D eigenvalue weighted by molar-refractivity contribution is 0.0626. The van der Waals surface area contributed by atoms with Crippen molar-refractivity contribution in [2.45, 2.75) is 58.0 Å². The van der Waals surface area contributed by atoms with E-state index in [4.69, 9.17) is 5.73 Å². The first-order chi connectivity index (χ1) is 10.0. The fourth-order valence-corrected chi connectivity index (χ4v) is 3.00. The highest BCUT2D eigenvalue weighted by Crippen LogP contribution is 2.24. The van der Waals surface area contributed by atoms with Crippen molar-refractivity contribution in [3.63, 3.8) is 0 Å². The highest BCUT2D eigenvalue weighted by molar-refractivity contribution is 5.94. The molecule has 1 saturated carbocycles. The SMILES string of the molecule is CCCN(C(=O)c1ccc(C)c(F)c1)C1CCC(N)CC1. The fourth-order valence-electron chi connectivity index (χ4n) is 3.00. The Morgan fingerprint density at radius 2 is 2.00 bits per heavy atom. The molecular weight excluding hydrogens is 267 g/mol. The topological polar surface area (TPSA) is 46.3 Å². The van der Waals surface area contributed by atoms with Crippen LogP contribution < -0.4 is 5.73 Å². The Labute approximate surface area is 126 Å². The second-order valence-electron chi connectivity index (χ2n) is 6.03. The number of aryl methyl sites for hydroxylation is 1. The van der Waals surface area contributed by atoms with Crippen LogP contribution in [0.5, 0.6) is 0 Å². The van der Waals surface area contributed by atoms with Gasteiger partial charge in [-0.2, -0.15) is 0 Å². The lowest BCUT2D eigenvalue weighted by Crippen LogP contribution is -2.44. The third kappa shape index (κ3) is 3.82. The summed E-state index contributed by atoms with van der Waals surface area (Å²) in [6.07, 6.45) is 4.71. The van der Waals surface area contributed by atoms with Gasteiger partial charge in [-0.25, -0.2) is 4.39 Å². The predicted molar refractivity (Wildman–Crippen MR) is 82.7 cm³/mol. The minimum absolute atomic E-state index is 0.0591. The number of amides is 1. The summed E-state index contributed by atoms with van der Waals surface area (Å²) in [6.45, 7) is 4.48. The van der Waals surface area contributed by atoms with E-state index < -0.39 is 0 Å². The number of nitrogens with two attached hydrogens (primary N) is 1. The van der Waals surface area contributed by atoms with E-state index in [0.717, 1.165) is 32.1 Å². The van der Waals surface area contributed by atoms with Crippen LogP contribution in [0.1, 0.15) is 54.9 Å². The Balaban J connectivity index is 2.16. The van der Waals surface area contributed by atoms with Crippen LogP contribution in [0, 0.1) is 12.7 Å². The van der Waals surface area contributed by atoms with Crippen molar-refractivity contribution in [1.29, 1.82) is 0 Å². The second-order valence-corrected chi connectivity index (χ2v) is 6.03. The number of hydrogen-bond donors (Lipinski definition) is 1. The van der Waals surface area contributed by atoms with E-state index in [1.165, 1.54) is 6.07 Å². The maximum atomic E-state index is 13.7. The molecular formula is C17H25FN2O. The molecule has 21 heavy (non-hydrogen) atoms. The van der Waals surface area contributed by atoms with Gasteiger partial charge < -0.3 is 10.6 Å². The van der Waals surface area contributed by atoms with Crippen LogP contribution in [-0.4, -0.2) is 29.4 Å². The van der Waals surface area contributed by atoms with Gasteiger partial charge in [-0.05, 0) is 56.7 Å². The van der Waals surface area contributed by atoms with E-state index in [9.17, 15) is 9.18 Å². The summed E-state index contributed by atoms with van der Waals surface area (Å²) in [5, 5.41) is 0. The normalized spacial score (nSPS) is 22.1. The average Bonchev–Trinajstić information content (AvgIpc) is 2.48. The molecule has 0 saturated heterocycles. The third-order valence-electron chi connectivity index (χ3n) is 4.33. The first-order valence-corrected chi connectivity index (χ1v) is 7.85. The van der Waals surface area contributed by atoms with E-state index in [-0.39, 0.29) is 23.8 Å². The lowest BCUT2D eigenvalue weighted by atomic mass is 9.90. The summed E-state index contributed by atoms with van der Waals surface area (Å²) >= 11 is 0. The zero-order valence-electron chi connectivity index (χ0n) is 12.9. The van der Waals surface area contributed by atoms with Crippen LogP contribution in [0.15, 0.2) is 18.2 Å². The van der Waals surface area contributed by atoms with Crippen molar-refractivity contribution in [2.75, 3.05) is 6.54 Å². The molecule has 0 bridgehead atoms. The Morgan fingerprint density at radius 3 is 2.57 bits per heavy atom. The third-order valence-corrected chi connectivity index (χ3v) is 4.33.